The van der Waals surface area contributed by atoms with E-state index < -0.39 is 6.04 Å². The average molecular weight is 434 g/mol. The van der Waals surface area contributed by atoms with Crippen molar-refractivity contribution in [3.63, 3.8) is 0 Å². The highest BCUT2D eigenvalue weighted by atomic mass is 32.2. The number of aromatic nitrogens is 1. The van der Waals surface area contributed by atoms with E-state index in [0.717, 1.165) is 22.2 Å². The molecule has 1 N–H and O–H groups in total. The Morgan fingerprint density at radius 1 is 1.13 bits per heavy atom. The van der Waals surface area contributed by atoms with E-state index in [9.17, 15) is 9.59 Å². The minimum Gasteiger partial charge on any atom is -0.486 e. The molecule has 0 bridgehead atoms. The van der Waals surface area contributed by atoms with Crippen LogP contribution in [0.5, 0.6) is 5.75 Å². The van der Waals surface area contributed by atoms with Crippen LogP contribution in [0, 0.1) is 6.92 Å². The maximum atomic E-state index is 11.9. The molecule has 0 saturated carbocycles. The summed E-state index contributed by atoms with van der Waals surface area (Å²) in [5, 5.41) is 2.98. The van der Waals surface area contributed by atoms with Crippen molar-refractivity contribution < 1.29 is 23.2 Å². The Balaban J connectivity index is 1.35. The summed E-state index contributed by atoms with van der Waals surface area (Å²) in [5.74, 6) is 1.90. The Morgan fingerprint density at radius 2 is 1.97 bits per heavy atom. The van der Waals surface area contributed by atoms with Crippen molar-refractivity contribution in [3.8, 4) is 17.2 Å². The fourth-order valence-corrected chi connectivity index (χ4v) is 4.21. The van der Waals surface area contributed by atoms with Crippen molar-refractivity contribution in [1.29, 1.82) is 0 Å². The Labute approximate surface area is 181 Å². The molecule has 5 rings (SSSR count). The molecule has 1 atom stereocenters. The van der Waals surface area contributed by atoms with Gasteiger partial charge in [0.2, 0.25) is 11.0 Å². The maximum Gasteiger partial charge on any atom is 0.287 e. The normalized spacial score (nSPS) is 16.1. The number of carbonyl (C=O) groups excluding carboxylic acids is 2. The highest BCUT2D eigenvalue weighted by molar-refractivity contribution is 8.26. The first-order chi connectivity index (χ1) is 15.1. The van der Waals surface area contributed by atoms with Gasteiger partial charge < -0.3 is 18.9 Å². The second kappa shape index (κ2) is 7.96. The summed E-state index contributed by atoms with van der Waals surface area (Å²) in [7, 11) is 0. The third kappa shape index (κ3) is 3.82. The van der Waals surface area contributed by atoms with Gasteiger partial charge in [-0.05, 0) is 36.8 Å². The van der Waals surface area contributed by atoms with Crippen molar-refractivity contribution in [1.82, 2.24) is 10.3 Å². The van der Waals surface area contributed by atoms with E-state index in [0.29, 0.717) is 41.2 Å². The maximum absolute atomic E-state index is 11.9. The number of hydrogen-bond donors (Lipinski definition) is 1. The molecule has 0 radical (unpaired) electrons. The number of rotatable bonds is 6. The molecule has 2 aromatic carbocycles. The summed E-state index contributed by atoms with van der Waals surface area (Å²) in [6.45, 7) is 2.11. The fourth-order valence-electron chi connectivity index (χ4n) is 3.54. The zero-order valence-corrected chi connectivity index (χ0v) is 17.4. The third-order valence-corrected chi connectivity index (χ3v) is 5.92. The van der Waals surface area contributed by atoms with Crippen LogP contribution < -0.4 is 10.1 Å². The number of oxazole rings is 1. The molecule has 0 spiro atoms. The van der Waals surface area contributed by atoms with Crippen LogP contribution in [-0.2, 0) is 17.8 Å². The molecule has 1 amide bonds. The second-order valence-corrected chi connectivity index (χ2v) is 8.15. The SMILES string of the molecule is Cc1oc(-c2ccccc2)nc1COc1ccc(CC2NC(=O)SC2=O)c2occc12. The van der Waals surface area contributed by atoms with E-state index >= 15 is 0 Å². The Bertz CT molecular complexity index is 1280. The lowest BCUT2D eigenvalue weighted by atomic mass is 10.0. The highest BCUT2D eigenvalue weighted by Crippen LogP contribution is 2.32. The number of hydrogen-bond acceptors (Lipinski definition) is 7. The summed E-state index contributed by atoms with van der Waals surface area (Å²) in [6.07, 6.45) is 1.95. The number of ether oxygens (including phenoxy) is 1. The van der Waals surface area contributed by atoms with Gasteiger partial charge in [0.15, 0.2) is 0 Å². The van der Waals surface area contributed by atoms with Crippen LogP contribution in [0.1, 0.15) is 17.0 Å². The van der Waals surface area contributed by atoms with Gasteiger partial charge in [0.25, 0.3) is 5.24 Å². The molecule has 156 valence electrons. The van der Waals surface area contributed by atoms with Gasteiger partial charge in [-0.1, -0.05) is 24.3 Å². The molecule has 31 heavy (non-hydrogen) atoms. The number of furan rings is 1. The number of nitrogens with one attached hydrogen (secondary N) is 1. The molecular formula is C23H18N2O5S. The molecule has 1 unspecified atom stereocenters. The number of fused-ring (bicyclic) bond motifs is 1. The number of aryl methyl sites for hydroxylation is 1. The highest BCUT2D eigenvalue weighted by Gasteiger charge is 2.32. The van der Waals surface area contributed by atoms with Crippen LogP contribution in [0.25, 0.3) is 22.4 Å². The van der Waals surface area contributed by atoms with Crippen LogP contribution in [0.4, 0.5) is 4.79 Å². The molecule has 4 aromatic rings. The van der Waals surface area contributed by atoms with Gasteiger partial charge >= 0.3 is 0 Å². The number of nitrogens with zero attached hydrogens (tertiary/aromatic N) is 1. The van der Waals surface area contributed by atoms with Crippen LogP contribution in [0.2, 0.25) is 0 Å². The zero-order chi connectivity index (χ0) is 21.4. The molecule has 8 heteroatoms. The summed E-state index contributed by atoms with van der Waals surface area (Å²) >= 11 is 0.706. The smallest absolute Gasteiger partial charge is 0.287 e. The Hall–Kier alpha value is -3.52. The van der Waals surface area contributed by atoms with Gasteiger partial charge in [-0.15, -0.1) is 0 Å². The lowest BCUT2D eigenvalue weighted by Gasteiger charge is -2.11. The topological polar surface area (TPSA) is 94.6 Å². The van der Waals surface area contributed by atoms with Crippen molar-refractivity contribution in [2.45, 2.75) is 26.0 Å². The fraction of sp³-hybridized carbons (Fsp3) is 0.174. The number of thioether (sulfide) groups is 1. The first-order valence-corrected chi connectivity index (χ1v) is 10.6. The largest absolute Gasteiger partial charge is 0.486 e. The number of carbonyl (C=O) groups is 2. The van der Waals surface area contributed by atoms with Gasteiger partial charge in [0, 0.05) is 23.7 Å². The molecule has 1 aliphatic rings. The van der Waals surface area contributed by atoms with Crippen molar-refractivity contribution in [2.24, 2.45) is 0 Å². The summed E-state index contributed by atoms with van der Waals surface area (Å²) in [4.78, 5) is 27.9. The predicted octanol–water partition coefficient (Wildman–Crippen LogP) is 4.87. The lowest BCUT2D eigenvalue weighted by Crippen LogP contribution is -2.30. The van der Waals surface area contributed by atoms with E-state index in [2.05, 4.69) is 10.3 Å². The number of amides is 1. The monoisotopic (exact) mass is 434 g/mol. The van der Waals surface area contributed by atoms with Gasteiger partial charge in [-0.2, -0.15) is 0 Å². The predicted molar refractivity (Wildman–Crippen MR) is 116 cm³/mol. The molecule has 2 aromatic heterocycles. The van der Waals surface area contributed by atoms with Gasteiger partial charge in [-0.3, -0.25) is 9.59 Å². The van der Waals surface area contributed by atoms with Gasteiger partial charge in [0.05, 0.1) is 11.6 Å². The molecule has 3 heterocycles. The Kier molecular flexibility index (Phi) is 4.99. The van der Waals surface area contributed by atoms with Crippen molar-refractivity contribution in [3.05, 3.63) is 71.8 Å². The van der Waals surface area contributed by atoms with Crippen LogP contribution in [0.15, 0.2) is 63.6 Å². The Morgan fingerprint density at radius 3 is 2.74 bits per heavy atom. The van der Waals surface area contributed by atoms with Crippen molar-refractivity contribution >= 4 is 33.1 Å². The van der Waals surface area contributed by atoms with E-state index in [1.807, 2.05) is 55.5 Å². The van der Waals surface area contributed by atoms with E-state index in [1.54, 1.807) is 6.26 Å². The molecule has 0 aliphatic carbocycles. The first kappa shape index (κ1) is 19.4. The zero-order valence-electron chi connectivity index (χ0n) is 16.6. The van der Waals surface area contributed by atoms with Crippen molar-refractivity contribution in [2.75, 3.05) is 0 Å². The minimum atomic E-state index is -0.549. The van der Waals surface area contributed by atoms with Crippen LogP contribution in [0.3, 0.4) is 0 Å². The first-order valence-electron chi connectivity index (χ1n) is 9.74. The molecule has 1 aliphatic heterocycles. The van der Waals surface area contributed by atoms with E-state index in [4.69, 9.17) is 13.6 Å². The van der Waals surface area contributed by atoms with Crippen LogP contribution >= 0.6 is 11.8 Å². The van der Waals surface area contributed by atoms with E-state index in [1.165, 1.54) is 0 Å². The lowest BCUT2D eigenvalue weighted by molar-refractivity contribution is -0.112. The second-order valence-electron chi connectivity index (χ2n) is 7.17. The molecular weight excluding hydrogens is 416 g/mol. The minimum absolute atomic E-state index is 0.180. The standard InChI is InChI=1S/C23H18N2O5S/c1-13-18(24-21(30-13)14-5-3-2-4-6-14)12-29-19-8-7-15(20-16(19)9-10-28-20)11-17-22(26)31-23(27)25-17/h2-10,17H,11-12H2,1H3,(H,25,27). The average Bonchev–Trinajstić information content (AvgIpc) is 3.47. The quantitative estimate of drug-likeness (QED) is 0.463. The summed E-state index contributed by atoms with van der Waals surface area (Å²) < 4.78 is 17.5. The van der Waals surface area contributed by atoms with Gasteiger partial charge in [0.1, 0.15) is 35.4 Å². The van der Waals surface area contributed by atoms with Gasteiger partial charge in [-0.25, -0.2) is 4.98 Å². The summed E-state index contributed by atoms with van der Waals surface area (Å²) in [5.41, 5.74) is 3.09. The summed E-state index contributed by atoms with van der Waals surface area (Å²) in [6, 6.07) is 14.7. The molecule has 1 fully saturated rings. The number of benzene rings is 2. The van der Waals surface area contributed by atoms with E-state index in [-0.39, 0.29) is 17.0 Å². The third-order valence-electron chi connectivity index (χ3n) is 5.13. The molecule has 7 nitrogen and oxygen atoms in total. The molecule has 1 saturated heterocycles. The van der Waals surface area contributed by atoms with Crippen LogP contribution in [-0.4, -0.2) is 21.4 Å².